The number of hydrogen-bond acceptors (Lipinski definition) is 3. The average molecular weight is 348 g/mol. The molecule has 0 aliphatic heterocycles. The summed E-state index contributed by atoms with van der Waals surface area (Å²) in [5, 5.41) is 18.5. The highest BCUT2D eigenvalue weighted by atomic mass is 35.5. The van der Waals surface area contributed by atoms with Crippen molar-refractivity contribution in [3.05, 3.63) is 51.8 Å². The molecule has 6 heteroatoms. The zero-order valence-electron chi connectivity index (χ0n) is 14.0. The third kappa shape index (κ3) is 3.19. The molecule has 1 atom stereocenters. The second-order valence-corrected chi connectivity index (χ2v) is 6.83. The molecule has 0 saturated heterocycles. The van der Waals surface area contributed by atoms with Gasteiger partial charge in [-0.2, -0.15) is 5.10 Å². The van der Waals surface area contributed by atoms with Gasteiger partial charge in [-0.05, 0) is 37.3 Å². The topological polar surface area (TPSA) is 67.2 Å². The molecule has 24 heavy (non-hydrogen) atoms. The number of aromatic nitrogens is 2. The van der Waals surface area contributed by atoms with Crippen molar-refractivity contribution >= 4 is 17.5 Å². The van der Waals surface area contributed by atoms with E-state index in [0.29, 0.717) is 11.6 Å². The number of halogens is 1. The molecule has 2 aromatic rings. The van der Waals surface area contributed by atoms with Crippen molar-refractivity contribution in [1.29, 1.82) is 0 Å². The lowest BCUT2D eigenvalue weighted by molar-refractivity contribution is -0.122. The number of rotatable bonds is 4. The normalized spacial score (nSPS) is 19.8. The molecule has 0 bridgehead atoms. The highest BCUT2D eigenvalue weighted by Gasteiger charge is 2.34. The maximum absolute atomic E-state index is 12.3. The molecule has 0 radical (unpaired) electrons. The van der Waals surface area contributed by atoms with Crippen LogP contribution in [0.15, 0.2) is 24.3 Å². The van der Waals surface area contributed by atoms with Crippen molar-refractivity contribution in [2.24, 2.45) is 7.05 Å². The van der Waals surface area contributed by atoms with Crippen molar-refractivity contribution in [3.63, 3.8) is 0 Å². The predicted octanol–water partition coefficient (Wildman–Crippen LogP) is 2.26. The van der Waals surface area contributed by atoms with Gasteiger partial charge in [0.1, 0.15) is 10.8 Å². The van der Waals surface area contributed by atoms with Crippen LogP contribution < -0.4 is 5.32 Å². The lowest BCUT2D eigenvalue weighted by atomic mass is 9.79. The SMILES string of the molecule is Cc1nn(C)c(Cl)c1CC(=O)NCC1(O)CCCc2ccccc21. The minimum absolute atomic E-state index is 0.163. The summed E-state index contributed by atoms with van der Waals surface area (Å²) in [7, 11) is 1.75. The summed E-state index contributed by atoms with van der Waals surface area (Å²) in [6.07, 6.45) is 2.70. The van der Waals surface area contributed by atoms with Crippen molar-refractivity contribution in [2.45, 2.75) is 38.2 Å². The molecule has 2 N–H and O–H groups in total. The van der Waals surface area contributed by atoms with Crippen molar-refractivity contribution in [3.8, 4) is 0 Å². The van der Waals surface area contributed by atoms with Crippen LogP contribution in [-0.2, 0) is 30.3 Å². The minimum atomic E-state index is -1.00. The molecule has 5 nitrogen and oxygen atoms in total. The Bertz CT molecular complexity index is 772. The van der Waals surface area contributed by atoms with Crippen LogP contribution in [0.2, 0.25) is 5.15 Å². The molecular weight excluding hydrogens is 326 g/mol. The quantitative estimate of drug-likeness (QED) is 0.891. The number of benzene rings is 1. The lowest BCUT2D eigenvalue weighted by Gasteiger charge is -2.34. The van der Waals surface area contributed by atoms with E-state index in [9.17, 15) is 9.90 Å². The van der Waals surface area contributed by atoms with Crippen LogP contribution >= 0.6 is 11.6 Å². The van der Waals surface area contributed by atoms with E-state index in [0.717, 1.165) is 35.2 Å². The average Bonchev–Trinajstić information content (AvgIpc) is 2.80. The Balaban J connectivity index is 1.69. The Morgan fingerprint density at radius 2 is 2.21 bits per heavy atom. The summed E-state index contributed by atoms with van der Waals surface area (Å²) in [4.78, 5) is 12.3. The maximum Gasteiger partial charge on any atom is 0.224 e. The number of fused-ring (bicyclic) bond motifs is 1. The number of nitrogens with zero attached hydrogens (tertiary/aromatic N) is 2. The minimum Gasteiger partial charge on any atom is -0.383 e. The van der Waals surface area contributed by atoms with Crippen molar-refractivity contribution in [2.75, 3.05) is 6.54 Å². The first-order chi connectivity index (χ1) is 11.4. The van der Waals surface area contributed by atoms with E-state index in [4.69, 9.17) is 11.6 Å². The Labute approximate surface area is 146 Å². The zero-order chi connectivity index (χ0) is 17.3. The number of nitrogens with one attached hydrogen (secondary N) is 1. The first-order valence-electron chi connectivity index (χ1n) is 8.16. The smallest absolute Gasteiger partial charge is 0.224 e. The highest BCUT2D eigenvalue weighted by molar-refractivity contribution is 6.30. The van der Waals surface area contributed by atoms with Crippen LogP contribution in [0.5, 0.6) is 0 Å². The third-order valence-electron chi connectivity index (χ3n) is 4.74. The van der Waals surface area contributed by atoms with Gasteiger partial charge in [0.25, 0.3) is 0 Å². The van der Waals surface area contributed by atoms with Gasteiger partial charge in [-0.3, -0.25) is 9.48 Å². The molecule has 1 aromatic heterocycles. The molecule has 3 rings (SSSR count). The summed E-state index contributed by atoms with van der Waals surface area (Å²) in [5.41, 5.74) is 2.56. The van der Waals surface area contributed by atoms with Crippen LogP contribution in [0.3, 0.4) is 0 Å². The van der Waals surface area contributed by atoms with E-state index in [1.54, 1.807) is 11.7 Å². The fraction of sp³-hybridized carbons (Fsp3) is 0.444. The number of amides is 1. The Morgan fingerprint density at radius 3 is 2.92 bits per heavy atom. The first-order valence-corrected chi connectivity index (χ1v) is 8.54. The Morgan fingerprint density at radius 1 is 1.46 bits per heavy atom. The molecule has 1 heterocycles. The molecule has 0 saturated carbocycles. The molecule has 1 amide bonds. The highest BCUT2D eigenvalue weighted by Crippen LogP contribution is 2.34. The van der Waals surface area contributed by atoms with Crippen LogP contribution in [0.25, 0.3) is 0 Å². The second-order valence-electron chi connectivity index (χ2n) is 6.47. The van der Waals surface area contributed by atoms with E-state index < -0.39 is 5.60 Å². The third-order valence-corrected chi connectivity index (χ3v) is 5.21. The van der Waals surface area contributed by atoms with Gasteiger partial charge < -0.3 is 10.4 Å². The van der Waals surface area contributed by atoms with Crippen LogP contribution in [0.1, 0.15) is 35.2 Å². The van der Waals surface area contributed by atoms with Gasteiger partial charge in [0, 0.05) is 12.6 Å². The lowest BCUT2D eigenvalue weighted by Crippen LogP contribution is -2.43. The fourth-order valence-electron chi connectivity index (χ4n) is 3.42. The van der Waals surface area contributed by atoms with Gasteiger partial charge in [-0.15, -0.1) is 0 Å². The van der Waals surface area contributed by atoms with E-state index in [2.05, 4.69) is 10.4 Å². The Hall–Kier alpha value is -1.85. The molecule has 0 fully saturated rings. The fourth-order valence-corrected chi connectivity index (χ4v) is 3.67. The zero-order valence-corrected chi connectivity index (χ0v) is 14.7. The van der Waals surface area contributed by atoms with Crippen LogP contribution in [-0.4, -0.2) is 27.3 Å². The molecule has 1 aliphatic carbocycles. The molecule has 1 aromatic carbocycles. The summed E-state index contributed by atoms with van der Waals surface area (Å²) < 4.78 is 1.56. The molecule has 1 unspecified atom stereocenters. The molecule has 0 spiro atoms. The number of carbonyl (C=O) groups is 1. The van der Waals surface area contributed by atoms with Crippen LogP contribution in [0, 0.1) is 6.92 Å². The second kappa shape index (κ2) is 6.57. The molecule has 1 aliphatic rings. The largest absolute Gasteiger partial charge is 0.383 e. The first kappa shape index (κ1) is 17.0. The number of carbonyl (C=O) groups excluding carboxylic acids is 1. The summed E-state index contributed by atoms with van der Waals surface area (Å²) in [6, 6.07) is 7.90. The van der Waals surface area contributed by atoms with E-state index in [1.807, 2.05) is 31.2 Å². The van der Waals surface area contributed by atoms with Gasteiger partial charge in [-0.25, -0.2) is 0 Å². The van der Waals surface area contributed by atoms with Crippen LogP contribution in [0.4, 0.5) is 0 Å². The summed E-state index contributed by atoms with van der Waals surface area (Å²) in [6.45, 7) is 2.04. The Kier molecular flexibility index (Phi) is 4.65. The van der Waals surface area contributed by atoms with Gasteiger partial charge in [-0.1, -0.05) is 35.9 Å². The summed E-state index contributed by atoms with van der Waals surface area (Å²) in [5.74, 6) is -0.163. The van der Waals surface area contributed by atoms with E-state index in [-0.39, 0.29) is 18.9 Å². The predicted molar refractivity (Wildman–Crippen MR) is 92.9 cm³/mol. The molecular formula is C18H22ClN3O2. The maximum atomic E-state index is 12.3. The van der Waals surface area contributed by atoms with Gasteiger partial charge >= 0.3 is 0 Å². The van der Waals surface area contributed by atoms with Crippen molar-refractivity contribution in [1.82, 2.24) is 15.1 Å². The van der Waals surface area contributed by atoms with E-state index in [1.165, 1.54) is 0 Å². The number of aryl methyl sites for hydroxylation is 3. The van der Waals surface area contributed by atoms with Crippen molar-refractivity contribution < 1.29 is 9.90 Å². The number of hydrogen-bond donors (Lipinski definition) is 2. The van der Waals surface area contributed by atoms with E-state index >= 15 is 0 Å². The number of aliphatic hydroxyl groups is 1. The monoisotopic (exact) mass is 347 g/mol. The standard InChI is InChI=1S/C18H22ClN3O2/c1-12-14(17(19)22(2)21-12)10-16(23)20-11-18(24)9-5-7-13-6-3-4-8-15(13)18/h3-4,6,8,24H,5,7,9-11H2,1-2H3,(H,20,23). The molecule has 128 valence electrons. The van der Waals surface area contributed by atoms with Gasteiger partial charge in [0.05, 0.1) is 18.7 Å². The van der Waals surface area contributed by atoms with Gasteiger partial charge in [0.15, 0.2) is 0 Å². The van der Waals surface area contributed by atoms with Gasteiger partial charge in [0.2, 0.25) is 5.91 Å². The summed E-state index contributed by atoms with van der Waals surface area (Å²) >= 11 is 6.17.